The number of hydrogen-bond acceptors (Lipinski definition) is 8. The van der Waals surface area contributed by atoms with Crippen LogP contribution in [-0.2, 0) is 21.3 Å². The Morgan fingerprint density at radius 1 is 1.34 bits per heavy atom. The molecule has 3 rings (SSSR count). The van der Waals surface area contributed by atoms with Crippen LogP contribution in [0, 0.1) is 0 Å². The number of aromatic nitrogens is 4. The lowest BCUT2D eigenvalue weighted by atomic mass is 10.2. The maximum absolute atomic E-state index is 11.8. The maximum Gasteiger partial charge on any atom is 0.166 e. The van der Waals surface area contributed by atoms with Gasteiger partial charge in [-0.1, -0.05) is 19.6 Å². The van der Waals surface area contributed by atoms with Crippen LogP contribution in [0.2, 0.25) is 25.7 Å². The number of nitrogens with zero attached hydrogens (tertiary/aromatic N) is 4. The summed E-state index contributed by atoms with van der Waals surface area (Å²) in [6.45, 7) is 7.85. The highest BCUT2D eigenvalue weighted by Gasteiger charge is 2.38. The van der Waals surface area contributed by atoms with E-state index in [0.717, 1.165) is 6.04 Å². The molecule has 1 saturated carbocycles. The molecule has 0 bridgehead atoms. The fourth-order valence-corrected chi connectivity index (χ4v) is 5.76. The Morgan fingerprint density at radius 2 is 2.07 bits per heavy atom. The van der Waals surface area contributed by atoms with E-state index in [0.29, 0.717) is 34.5 Å². The summed E-state index contributed by atoms with van der Waals surface area (Å²) >= 11 is 3.46. The van der Waals surface area contributed by atoms with Crippen molar-refractivity contribution >= 4 is 50.7 Å². The summed E-state index contributed by atoms with van der Waals surface area (Å²) in [6.07, 6.45) is 2.41. The van der Waals surface area contributed by atoms with Crippen LogP contribution < -0.4 is 5.32 Å². The van der Waals surface area contributed by atoms with Crippen LogP contribution in [0.3, 0.4) is 0 Å². The molecule has 0 saturated heterocycles. The molecule has 0 spiro atoms. The van der Waals surface area contributed by atoms with Crippen LogP contribution >= 0.6 is 15.9 Å². The molecule has 162 valence electrons. The second kappa shape index (κ2) is 8.58. The molecule has 1 aliphatic rings. The summed E-state index contributed by atoms with van der Waals surface area (Å²) in [7, 11) is -4.37. The summed E-state index contributed by atoms with van der Waals surface area (Å²) in [5, 5.41) is 18.1. The predicted molar refractivity (Wildman–Crippen MR) is 118 cm³/mol. The molecule has 2 heterocycles. The first-order valence-corrected chi connectivity index (χ1v) is 16.0. The largest absolute Gasteiger partial charge is 0.391 e. The molecule has 29 heavy (non-hydrogen) atoms. The molecule has 0 aliphatic heterocycles. The molecule has 1 fully saturated rings. The van der Waals surface area contributed by atoms with E-state index in [4.69, 9.17) is 4.74 Å². The standard InChI is InChI=1S/C17H28BrN5O4SSi/c1-28(25,26)11-7-12(13(24)8-11)21-16-14-15(18)22-23(17(14)20-9-19-16)10-27-5-6-29(2,3)4/h9,11-13,24H,5-8,10H2,1-4H3,(H,19,20,21)/t11?,12-,13-/m1/s1. The van der Waals surface area contributed by atoms with E-state index in [1.807, 2.05) is 0 Å². The van der Waals surface area contributed by atoms with Gasteiger partial charge >= 0.3 is 0 Å². The van der Waals surface area contributed by atoms with Crippen molar-refractivity contribution in [3.05, 3.63) is 10.9 Å². The van der Waals surface area contributed by atoms with Gasteiger partial charge in [0, 0.05) is 20.9 Å². The van der Waals surface area contributed by atoms with Crippen LogP contribution in [0.4, 0.5) is 5.82 Å². The van der Waals surface area contributed by atoms with Gasteiger partial charge in [-0.3, -0.25) is 0 Å². The van der Waals surface area contributed by atoms with Gasteiger partial charge in [0.25, 0.3) is 0 Å². The molecular formula is C17H28BrN5O4SSi. The topological polar surface area (TPSA) is 119 Å². The average Bonchev–Trinajstić information content (AvgIpc) is 3.12. The van der Waals surface area contributed by atoms with Gasteiger partial charge < -0.3 is 15.2 Å². The molecule has 2 N–H and O–H groups in total. The first kappa shape index (κ1) is 22.6. The van der Waals surface area contributed by atoms with Crippen LogP contribution in [-0.4, -0.2) is 71.6 Å². The Bertz CT molecular complexity index is 978. The first-order chi connectivity index (χ1) is 13.5. The van der Waals surface area contributed by atoms with Gasteiger partial charge in [-0.25, -0.2) is 23.1 Å². The Balaban J connectivity index is 1.76. The smallest absolute Gasteiger partial charge is 0.166 e. The molecule has 1 unspecified atom stereocenters. The minimum Gasteiger partial charge on any atom is -0.391 e. The van der Waals surface area contributed by atoms with E-state index in [-0.39, 0.29) is 13.2 Å². The second-order valence-electron chi connectivity index (χ2n) is 8.80. The number of fused-ring (bicyclic) bond motifs is 1. The number of rotatable bonds is 8. The number of nitrogens with one attached hydrogen (secondary N) is 1. The number of sulfone groups is 1. The number of anilines is 1. The number of ether oxygens (including phenoxy) is 1. The van der Waals surface area contributed by atoms with Gasteiger partial charge in [-0.2, -0.15) is 5.10 Å². The van der Waals surface area contributed by atoms with E-state index in [1.54, 1.807) is 4.68 Å². The molecule has 3 atom stereocenters. The monoisotopic (exact) mass is 505 g/mol. The van der Waals surface area contributed by atoms with Crippen molar-refractivity contribution in [2.24, 2.45) is 0 Å². The maximum atomic E-state index is 11.8. The molecular weight excluding hydrogens is 478 g/mol. The number of aliphatic hydroxyl groups excluding tert-OH is 1. The normalized spacial score (nSPS) is 23.0. The predicted octanol–water partition coefficient (Wildman–Crippen LogP) is 2.25. The lowest BCUT2D eigenvalue weighted by Crippen LogP contribution is -2.28. The number of hydrogen-bond donors (Lipinski definition) is 2. The highest BCUT2D eigenvalue weighted by Crippen LogP contribution is 2.32. The van der Waals surface area contributed by atoms with Crippen molar-refractivity contribution in [2.75, 3.05) is 18.2 Å². The number of halogens is 1. The zero-order chi connectivity index (χ0) is 21.4. The summed E-state index contributed by atoms with van der Waals surface area (Å²) in [4.78, 5) is 8.62. The third-order valence-electron chi connectivity index (χ3n) is 5.11. The summed E-state index contributed by atoms with van der Waals surface area (Å²) in [5.74, 6) is 0.508. The van der Waals surface area contributed by atoms with Crippen molar-refractivity contribution in [3.8, 4) is 0 Å². The van der Waals surface area contributed by atoms with Gasteiger partial charge in [-0.15, -0.1) is 0 Å². The molecule has 2 aromatic rings. The average molecular weight is 506 g/mol. The Labute approximate surface area is 180 Å². The van der Waals surface area contributed by atoms with Crippen molar-refractivity contribution in [3.63, 3.8) is 0 Å². The fourth-order valence-electron chi connectivity index (χ4n) is 3.34. The van der Waals surface area contributed by atoms with Crippen molar-refractivity contribution in [1.29, 1.82) is 0 Å². The SMILES string of the molecule is C[Si](C)(C)CCOCn1nc(Br)c2c(N[C@@H]3CC(S(C)(=O)=O)C[C@H]3O)ncnc21. The van der Waals surface area contributed by atoms with E-state index >= 15 is 0 Å². The second-order valence-corrected chi connectivity index (χ2v) is 17.5. The fraction of sp³-hybridized carbons (Fsp3) is 0.706. The van der Waals surface area contributed by atoms with Gasteiger partial charge in [-0.05, 0) is 34.8 Å². The van der Waals surface area contributed by atoms with E-state index < -0.39 is 35.3 Å². The van der Waals surface area contributed by atoms with Crippen molar-refractivity contribution < 1.29 is 18.3 Å². The molecule has 0 radical (unpaired) electrons. The minimum absolute atomic E-state index is 0.218. The molecule has 0 amide bonds. The zero-order valence-corrected chi connectivity index (χ0v) is 20.5. The zero-order valence-electron chi connectivity index (χ0n) is 17.1. The lowest BCUT2D eigenvalue weighted by molar-refractivity contribution is 0.0810. The number of aliphatic hydroxyl groups is 1. The highest BCUT2D eigenvalue weighted by molar-refractivity contribution is 9.10. The summed E-state index contributed by atoms with van der Waals surface area (Å²) < 4.78 is 31.7. The van der Waals surface area contributed by atoms with Gasteiger partial charge in [0.05, 0.1) is 22.8 Å². The third-order valence-corrected chi connectivity index (χ3v) is 8.96. The van der Waals surface area contributed by atoms with Gasteiger partial charge in [0.15, 0.2) is 5.65 Å². The lowest BCUT2D eigenvalue weighted by Gasteiger charge is -2.17. The van der Waals surface area contributed by atoms with E-state index in [9.17, 15) is 13.5 Å². The van der Waals surface area contributed by atoms with Gasteiger partial charge in [0.2, 0.25) is 0 Å². The Kier molecular flexibility index (Phi) is 6.68. The van der Waals surface area contributed by atoms with E-state index in [2.05, 4.69) is 56.0 Å². The minimum atomic E-state index is -3.20. The van der Waals surface area contributed by atoms with Crippen LogP contribution in [0.25, 0.3) is 11.0 Å². The highest BCUT2D eigenvalue weighted by atomic mass is 79.9. The van der Waals surface area contributed by atoms with Gasteiger partial charge in [0.1, 0.15) is 33.3 Å². The van der Waals surface area contributed by atoms with Crippen molar-refractivity contribution in [2.45, 2.75) is 62.7 Å². The summed E-state index contributed by atoms with van der Waals surface area (Å²) in [6, 6.07) is 0.659. The summed E-state index contributed by atoms with van der Waals surface area (Å²) in [5.41, 5.74) is 0.606. The molecule has 2 aromatic heterocycles. The van der Waals surface area contributed by atoms with E-state index in [1.165, 1.54) is 12.6 Å². The molecule has 12 heteroatoms. The van der Waals surface area contributed by atoms with Crippen LogP contribution in [0.15, 0.2) is 10.9 Å². The Morgan fingerprint density at radius 3 is 2.69 bits per heavy atom. The Hall–Kier alpha value is -1.08. The quantitative estimate of drug-likeness (QED) is 0.413. The first-order valence-electron chi connectivity index (χ1n) is 9.54. The molecule has 9 nitrogen and oxygen atoms in total. The third kappa shape index (κ3) is 5.54. The molecule has 0 aromatic carbocycles. The van der Waals surface area contributed by atoms with Crippen LogP contribution in [0.1, 0.15) is 12.8 Å². The van der Waals surface area contributed by atoms with Crippen LogP contribution in [0.5, 0.6) is 0 Å². The van der Waals surface area contributed by atoms with Crippen molar-refractivity contribution in [1.82, 2.24) is 19.7 Å². The molecule has 1 aliphatic carbocycles.